The van der Waals surface area contributed by atoms with E-state index in [1.54, 1.807) is 12.1 Å². The lowest BCUT2D eigenvalue weighted by Gasteiger charge is -2.56. The van der Waals surface area contributed by atoms with Crippen LogP contribution in [-0.4, -0.2) is 15.8 Å². The van der Waals surface area contributed by atoms with Crippen molar-refractivity contribution in [3.63, 3.8) is 0 Å². The van der Waals surface area contributed by atoms with Gasteiger partial charge < -0.3 is 10.1 Å². The third kappa shape index (κ3) is 2.73. The first-order chi connectivity index (χ1) is 13.2. The molecule has 2 heterocycles. The number of hydrogen-bond donors (Lipinski definition) is 1. The van der Waals surface area contributed by atoms with Gasteiger partial charge in [-0.1, -0.05) is 32.9 Å². The summed E-state index contributed by atoms with van der Waals surface area (Å²) >= 11 is 5.69. The number of benzene rings is 2. The van der Waals surface area contributed by atoms with Crippen LogP contribution < -0.4 is 15.0 Å². The van der Waals surface area contributed by atoms with Gasteiger partial charge in [-0.15, -0.1) is 0 Å². The van der Waals surface area contributed by atoms with Gasteiger partial charge in [-0.3, -0.25) is 15.0 Å². The Hall–Kier alpha value is -2.67. The molecule has 3 atom stereocenters. The summed E-state index contributed by atoms with van der Waals surface area (Å²) in [5.74, 6) is 1.11. The zero-order valence-corrected chi connectivity index (χ0v) is 17.1. The quantitative estimate of drug-likeness (QED) is 0.451. The van der Waals surface area contributed by atoms with Crippen molar-refractivity contribution in [3.8, 4) is 5.75 Å². The molecule has 28 heavy (non-hydrogen) atoms. The zero-order chi connectivity index (χ0) is 20.2. The smallest absolute Gasteiger partial charge is 0.270 e. The molecule has 0 aliphatic carbocycles. The van der Waals surface area contributed by atoms with Crippen molar-refractivity contribution in [2.75, 3.05) is 4.90 Å². The van der Waals surface area contributed by atoms with Gasteiger partial charge in [-0.05, 0) is 48.8 Å². The van der Waals surface area contributed by atoms with E-state index in [1.165, 1.54) is 11.6 Å². The van der Waals surface area contributed by atoms with Gasteiger partial charge in [0.2, 0.25) is 0 Å². The first-order valence-electron chi connectivity index (χ1n) is 9.40. The Balaban J connectivity index is 1.78. The second-order valence-corrected chi connectivity index (χ2v) is 8.32. The van der Waals surface area contributed by atoms with E-state index in [-0.39, 0.29) is 22.6 Å². The van der Waals surface area contributed by atoms with Gasteiger partial charge >= 0.3 is 0 Å². The Morgan fingerprint density at radius 1 is 1.25 bits per heavy atom. The molecule has 6 nitrogen and oxygen atoms in total. The SMILES string of the molecule is CC(C)c1ccc(N2C(=S)N[C@H]3c4cc([N+](=O)[O-])ccc4O[C@@]2(C)[C@H]3C)cc1. The van der Waals surface area contributed by atoms with Crippen LogP contribution in [0.25, 0.3) is 0 Å². The van der Waals surface area contributed by atoms with Crippen molar-refractivity contribution in [2.45, 2.75) is 45.4 Å². The molecule has 0 spiro atoms. The number of anilines is 1. The summed E-state index contributed by atoms with van der Waals surface area (Å²) in [6, 6.07) is 13.0. The van der Waals surface area contributed by atoms with Gasteiger partial charge in [0.05, 0.1) is 11.0 Å². The standard InChI is InChI=1S/C21H23N3O3S/c1-12(2)14-5-7-15(8-6-14)23-20(28)22-19-13(3)21(23,4)27-18-10-9-16(24(25)26)11-17(18)19/h5-13,19H,1-4H3,(H,22,28)/t13-,19+,21-/m0/s1. The maximum Gasteiger partial charge on any atom is 0.270 e. The normalized spacial score (nSPS) is 25.8. The molecule has 2 aliphatic rings. The molecular formula is C21H23N3O3S. The number of rotatable bonds is 3. The van der Waals surface area contributed by atoms with Gasteiger partial charge in [0.1, 0.15) is 5.75 Å². The maximum atomic E-state index is 11.2. The Morgan fingerprint density at radius 3 is 2.54 bits per heavy atom. The number of nitrogens with zero attached hydrogens (tertiary/aromatic N) is 2. The second kappa shape index (κ2) is 6.44. The van der Waals surface area contributed by atoms with Crippen molar-refractivity contribution < 1.29 is 9.66 Å². The summed E-state index contributed by atoms with van der Waals surface area (Å²) in [6.07, 6.45) is 0. The number of non-ortho nitro benzene ring substituents is 1. The predicted molar refractivity (Wildman–Crippen MR) is 113 cm³/mol. The minimum Gasteiger partial charge on any atom is -0.467 e. The highest BCUT2D eigenvalue weighted by Gasteiger charge is 2.54. The largest absolute Gasteiger partial charge is 0.467 e. The molecule has 2 aliphatic heterocycles. The number of nitro benzene ring substituents is 1. The zero-order valence-electron chi connectivity index (χ0n) is 16.3. The van der Waals surface area contributed by atoms with Crippen molar-refractivity contribution in [1.82, 2.24) is 5.32 Å². The van der Waals surface area contributed by atoms with E-state index in [1.807, 2.05) is 11.8 Å². The van der Waals surface area contributed by atoms with Crippen LogP contribution in [0.2, 0.25) is 0 Å². The average molecular weight is 398 g/mol. The molecule has 1 fully saturated rings. The average Bonchev–Trinajstić information content (AvgIpc) is 2.64. The molecule has 0 radical (unpaired) electrons. The highest BCUT2D eigenvalue weighted by Crippen LogP contribution is 2.49. The number of hydrogen-bond acceptors (Lipinski definition) is 4. The summed E-state index contributed by atoms with van der Waals surface area (Å²) in [7, 11) is 0. The van der Waals surface area contributed by atoms with Gasteiger partial charge in [-0.25, -0.2) is 0 Å². The van der Waals surface area contributed by atoms with E-state index >= 15 is 0 Å². The van der Waals surface area contributed by atoms with Crippen LogP contribution in [0.1, 0.15) is 50.8 Å². The van der Waals surface area contributed by atoms with E-state index in [0.717, 1.165) is 11.3 Å². The van der Waals surface area contributed by atoms with Crippen LogP contribution >= 0.6 is 12.2 Å². The van der Waals surface area contributed by atoms with E-state index in [2.05, 4.69) is 50.4 Å². The van der Waals surface area contributed by atoms with Crippen LogP contribution in [0, 0.1) is 16.0 Å². The Labute approximate surface area is 169 Å². The summed E-state index contributed by atoms with van der Waals surface area (Å²) in [5.41, 5.74) is 2.35. The molecule has 2 aromatic rings. The Bertz CT molecular complexity index is 960. The van der Waals surface area contributed by atoms with Gasteiger partial charge in [0, 0.05) is 29.3 Å². The highest BCUT2D eigenvalue weighted by molar-refractivity contribution is 7.80. The topological polar surface area (TPSA) is 67.6 Å². The lowest BCUT2D eigenvalue weighted by molar-refractivity contribution is -0.385. The molecular weight excluding hydrogens is 374 g/mol. The van der Waals surface area contributed by atoms with Crippen LogP contribution in [-0.2, 0) is 0 Å². The molecule has 0 amide bonds. The number of thiocarbonyl (C=S) groups is 1. The van der Waals surface area contributed by atoms with E-state index < -0.39 is 5.72 Å². The van der Waals surface area contributed by atoms with Gasteiger partial charge in [0.15, 0.2) is 10.8 Å². The third-order valence-corrected chi connectivity index (χ3v) is 6.25. The van der Waals surface area contributed by atoms with Crippen LogP contribution in [0.5, 0.6) is 5.75 Å². The molecule has 0 saturated carbocycles. The summed E-state index contributed by atoms with van der Waals surface area (Å²) < 4.78 is 6.43. The Morgan fingerprint density at radius 2 is 1.93 bits per heavy atom. The lowest BCUT2D eigenvalue weighted by Crippen LogP contribution is -2.69. The number of nitrogens with one attached hydrogen (secondary N) is 1. The van der Waals surface area contributed by atoms with Crippen LogP contribution in [0.15, 0.2) is 42.5 Å². The first kappa shape index (κ1) is 18.7. The van der Waals surface area contributed by atoms with Crippen molar-refractivity contribution in [1.29, 1.82) is 0 Å². The fourth-order valence-electron chi connectivity index (χ4n) is 4.11. The monoisotopic (exact) mass is 397 g/mol. The molecule has 2 aromatic carbocycles. The molecule has 4 rings (SSSR count). The van der Waals surface area contributed by atoms with Crippen molar-refractivity contribution in [3.05, 3.63) is 63.7 Å². The third-order valence-electron chi connectivity index (χ3n) is 5.94. The minimum absolute atomic E-state index is 0.0125. The number of nitro groups is 1. The molecule has 0 aromatic heterocycles. The summed E-state index contributed by atoms with van der Waals surface area (Å²) in [4.78, 5) is 12.8. The van der Waals surface area contributed by atoms with Crippen molar-refractivity contribution in [2.24, 2.45) is 5.92 Å². The highest BCUT2D eigenvalue weighted by atomic mass is 32.1. The van der Waals surface area contributed by atoms with Crippen LogP contribution in [0.4, 0.5) is 11.4 Å². The minimum atomic E-state index is -0.699. The summed E-state index contributed by atoms with van der Waals surface area (Å²) in [5, 5.41) is 15.1. The lowest BCUT2D eigenvalue weighted by atomic mass is 9.80. The molecule has 2 bridgehead atoms. The molecule has 0 unspecified atom stereocenters. The fraction of sp³-hybridized carbons (Fsp3) is 0.381. The van der Waals surface area contributed by atoms with E-state index in [9.17, 15) is 10.1 Å². The second-order valence-electron chi connectivity index (χ2n) is 7.93. The van der Waals surface area contributed by atoms with Gasteiger partial charge in [0.25, 0.3) is 5.69 Å². The molecule has 1 N–H and O–H groups in total. The number of ether oxygens (including phenoxy) is 1. The molecule has 7 heteroatoms. The van der Waals surface area contributed by atoms with E-state index in [0.29, 0.717) is 16.8 Å². The first-order valence-corrected chi connectivity index (χ1v) is 9.81. The van der Waals surface area contributed by atoms with Gasteiger partial charge in [-0.2, -0.15) is 0 Å². The predicted octanol–water partition coefficient (Wildman–Crippen LogP) is 4.90. The van der Waals surface area contributed by atoms with Crippen molar-refractivity contribution >= 4 is 28.7 Å². The molecule has 146 valence electrons. The van der Waals surface area contributed by atoms with Crippen LogP contribution in [0.3, 0.4) is 0 Å². The summed E-state index contributed by atoms with van der Waals surface area (Å²) in [6.45, 7) is 8.43. The maximum absolute atomic E-state index is 11.2. The molecule has 1 saturated heterocycles. The number of fused-ring (bicyclic) bond motifs is 4. The fourth-order valence-corrected chi connectivity index (χ4v) is 4.53. The van der Waals surface area contributed by atoms with E-state index in [4.69, 9.17) is 17.0 Å². The Kier molecular flexibility index (Phi) is 4.30.